The average Bonchev–Trinajstić information content (AvgIpc) is 3.24. The Kier molecular flexibility index (Phi) is 9.45. The molecule has 1 fully saturated rings. The molecule has 43 heavy (non-hydrogen) atoms. The highest BCUT2D eigenvalue weighted by Crippen LogP contribution is 2.52. The van der Waals surface area contributed by atoms with Crippen molar-refractivity contribution in [2.24, 2.45) is 5.41 Å². The highest BCUT2D eigenvalue weighted by atomic mass is 35.5. The normalized spacial score (nSPS) is 21.7. The lowest BCUT2D eigenvalue weighted by molar-refractivity contribution is -0.118. The van der Waals surface area contributed by atoms with Crippen molar-refractivity contribution in [2.75, 3.05) is 11.9 Å². The number of anilines is 1. The van der Waals surface area contributed by atoms with Crippen LogP contribution in [0.4, 0.5) is 18.9 Å². The van der Waals surface area contributed by atoms with Crippen LogP contribution in [0.15, 0.2) is 54.6 Å². The number of carbonyl (C=O) groups is 2. The van der Waals surface area contributed by atoms with E-state index in [0.717, 1.165) is 18.2 Å². The van der Waals surface area contributed by atoms with Gasteiger partial charge in [-0.1, -0.05) is 62.2 Å². The van der Waals surface area contributed by atoms with Crippen LogP contribution < -0.4 is 10.6 Å². The van der Waals surface area contributed by atoms with Crippen LogP contribution in [0.3, 0.4) is 0 Å². The van der Waals surface area contributed by atoms with Gasteiger partial charge in [0.2, 0.25) is 5.91 Å². The number of benzene rings is 3. The second kappa shape index (κ2) is 12.6. The molecule has 1 aliphatic rings. The maximum atomic E-state index is 15.8. The van der Waals surface area contributed by atoms with Crippen LogP contribution in [0.25, 0.3) is 0 Å². The quantitative estimate of drug-likeness (QED) is 0.263. The topological polar surface area (TPSA) is 91.2 Å². The molecule has 1 amide bonds. The van der Waals surface area contributed by atoms with Gasteiger partial charge in [-0.25, -0.2) is 18.0 Å². The Hall–Kier alpha value is -3.58. The largest absolute Gasteiger partial charge is 0.462 e. The zero-order chi connectivity index (χ0) is 31.7. The molecule has 1 saturated heterocycles. The van der Waals surface area contributed by atoms with Gasteiger partial charge in [-0.05, 0) is 60.7 Å². The molecular formula is C32H30Cl2F3N3O3. The number of carbonyl (C=O) groups excluding carboxylic acids is 2. The fraction of sp³-hybridized carbons (Fsp3) is 0.344. The number of nitriles is 1. The predicted octanol–water partition coefficient (Wildman–Crippen LogP) is 7.55. The number of ether oxygens (including phenoxy) is 1. The van der Waals surface area contributed by atoms with Crippen molar-refractivity contribution in [1.29, 1.82) is 5.26 Å². The number of nitrogens with zero attached hydrogens (tertiary/aromatic N) is 1. The molecule has 1 heterocycles. The Balaban J connectivity index is 1.91. The van der Waals surface area contributed by atoms with Crippen LogP contribution in [-0.4, -0.2) is 30.6 Å². The standard InChI is InChI=1S/C32H30Cl2F3N3O3/c1-5-43-30(42)20-14-18(10-12-23(20)35)39-29(41)28-26(19-7-6-8-22(34)27(19)37)32(16-38,25(40-28)15-31(2,3)4)21-11-9-17(33)13-24(21)36/h6-14,25-26,28,40H,5,15H2,1-4H3,(H,39,41). The number of amides is 1. The second-order valence-electron chi connectivity index (χ2n) is 11.6. The van der Waals surface area contributed by atoms with E-state index in [1.807, 2.05) is 20.8 Å². The molecule has 3 aromatic rings. The van der Waals surface area contributed by atoms with Gasteiger partial charge in [0.1, 0.15) is 22.9 Å². The van der Waals surface area contributed by atoms with Crippen LogP contribution in [0.2, 0.25) is 10.0 Å². The molecule has 11 heteroatoms. The molecule has 0 bridgehead atoms. The number of nitrogens with one attached hydrogen (secondary N) is 2. The van der Waals surface area contributed by atoms with E-state index >= 15 is 8.78 Å². The second-order valence-corrected chi connectivity index (χ2v) is 12.4. The minimum Gasteiger partial charge on any atom is -0.462 e. The van der Waals surface area contributed by atoms with Gasteiger partial charge < -0.3 is 15.4 Å². The van der Waals surface area contributed by atoms with E-state index in [2.05, 4.69) is 16.7 Å². The first kappa shape index (κ1) is 32.3. The van der Waals surface area contributed by atoms with Crippen molar-refractivity contribution >= 4 is 40.8 Å². The lowest BCUT2D eigenvalue weighted by Crippen LogP contribution is -2.45. The van der Waals surface area contributed by atoms with Crippen molar-refractivity contribution < 1.29 is 27.5 Å². The van der Waals surface area contributed by atoms with E-state index in [1.54, 1.807) is 6.92 Å². The number of hydrogen-bond acceptors (Lipinski definition) is 5. The summed E-state index contributed by atoms with van der Waals surface area (Å²) in [6.07, 6.45) is 0.286. The molecule has 0 aromatic heterocycles. The summed E-state index contributed by atoms with van der Waals surface area (Å²) in [5, 5.41) is 16.6. The first-order valence-corrected chi connectivity index (χ1v) is 14.3. The first-order chi connectivity index (χ1) is 20.2. The lowest BCUT2D eigenvalue weighted by atomic mass is 9.62. The minimum absolute atomic E-state index is 0.0143. The summed E-state index contributed by atoms with van der Waals surface area (Å²) in [4.78, 5) is 26.3. The molecule has 226 valence electrons. The summed E-state index contributed by atoms with van der Waals surface area (Å²) >= 11 is 12.2. The van der Waals surface area contributed by atoms with Crippen LogP contribution in [0.5, 0.6) is 0 Å². The number of rotatable bonds is 7. The summed E-state index contributed by atoms with van der Waals surface area (Å²) in [5.74, 6) is -5.42. The van der Waals surface area contributed by atoms with Crippen molar-refractivity contribution in [3.8, 4) is 6.07 Å². The third kappa shape index (κ3) is 6.37. The Bertz CT molecular complexity index is 1600. The third-order valence-corrected chi connectivity index (χ3v) is 7.99. The van der Waals surface area contributed by atoms with Crippen LogP contribution in [0, 0.1) is 34.2 Å². The summed E-state index contributed by atoms with van der Waals surface area (Å²) in [7, 11) is 0. The molecule has 0 saturated carbocycles. The van der Waals surface area contributed by atoms with Gasteiger partial charge >= 0.3 is 5.97 Å². The molecule has 2 N–H and O–H groups in total. The van der Waals surface area contributed by atoms with E-state index in [1.165, 1.54) is 36.4 Å². The number of hydrogen-bond donors (Lipinski definition) is 2. The summed E-state index contributed by atoms with van der Waals surface area (Å²) in [5.41, 5.74) is -2.70. The van der Waals surface area contributed by atoms with Gasteiger partial charge in [-0.3, -0.25) is 4.79 Å². The zero-order valence-corrected chi connectivity index (χ0v) is 25.4. The van der Waals surface area contributed by atoms with Crippen LogP contribution in [-0.2, 0) is 14.9 Å². The average molecular weight is 633 g/mol. The van der Waals surface area contributed by atoms with Crippen molar-refractivity contribution in [2.45, 2.75) is 57.5 Å². The predicted molar refractivity (Wildman–Crippen MR) is 159 cm³/mol. The van der Waals surface area contributed by atoms with Crippen molar-refractivity contribution in [3.63, 3.8) is 0 Å². The molecule has 4 atom stereocenters. The molecule has 0 aliphatic carbocycles. The van der Waals surface area contributed by atoms with Crippen molar-refractivity contribution in [1.82, 2.24) is 5.32 Å². The maximum absolute atomic E-state index is 15.8. The van der Waals surface area contributed by atoms with Gasteiger partial charge in [-0.2, -0.15) is 5.26 Å². The van der Waals surface area contributed by atoms with E-state index < -0.39 is 63.7 Å². The Morgan fingerprint density at radius 2 is 1.79 bits per heavy atom. The fourth-order valence-corrected chi connectivity index (χ4v) is 6.09. The van der Waals surface area contributed by atoms with Gasteiger partial charge in [0.15, 0.2) is 0 Å². The van der Waals surface area contributed by atoms with Crippen LogP contribution in [0.1, 0.15) is 61.5 Å². The summed E-state index contributed by atoms with van der Waals surface area (Å²) in [6.45, 7) is 7.36. The van der Waals surface area contributed by atoms with Gasteiger partial charge in [-0.15, -0.1) is 0 Å². The lowest BCUT2D eigenvalue weighted by Gasteiger charge is -2.37. The monoisotopic (exact) mass is 631 g/mol. The number of halogens is 5. The van der Waals surface area contributed by atoms with Crippen LogP contribution >= 0.6 is 23.2 Å². The SMILES string of the molecule is CCOC(=O)c1cc(NC(=O)C2NC(CC(C)(C)C)C(C#N)(c3ccc(Cl)cc3F)C2c2cccc(Cl)c2F)ccc1F. The molecule has 0 spiro atoms. The van der Waals surface area contributed by atoms with E-state index in [9.17, 15) is 19.2 Å². The minimum atomic E-state index is -1.81. The Labute approximate surface area is 258 Å². The Morgan fingerprint density at radius 3 is 2.42 bits per heavy atom. The molecule has 3 aromatic carbocycles. The van der Waals surface area contributed by atoms with Gasteiger partial charge in [0.05, 0.1) is 29.3 Å². The molecule has 4 rings (SSSR count). The molecule has 1 aliphatic heterocycles. The highest BCUT2D eigenvalue weighted by molar-refractivity contribution is 6.31. The molecule has 4 unspecified atom stereocenters. The maximum Gasteiger partial charge on any atom is 0.341 e. The van der Waals surface area contributed by atoms with E-state index in [4.69, 9.17) is 27.9 Å². The van der Waals surface area contributed by atoms with E-state index in [0.29, 0.717) is 0 Å². The highest BCUT2D eigenvalue weighted by Gasteiger charge is 2.61. The van der Waals surface area contributed by atoms with Crippen molar-refractivity contribution in [3.05, 3.63) is 98.8 Å². The smallest absolute Gasteiger partial charge is 0.341 e. The summed E-state index contributed by atoms with van der Waals surface area (Å²) < 4.78 is 50.8. The Morgan fingerprint density at radius 1 is 1.07 bits per heavy atom. The van der Waals surface area contributed by atoms with Gasteiger partial charge in [0, 0.05) is 28.2 Å². The summed E-state index contributed by atoms with van der Waals surface area (Å²) in [6, 6.07) is 11.6. The number of esters is 1. The molecule has 0 radical (unpaired) electrons. The third-order valence-electron chi connectivity index (χ3n) is 7.46. The van der Waals surface area contributed by atoms with E-state index in [-0.39, 0.29) is 39.9 Å². The molecule has 6 nitrogen and oxygen atoms in total. The fourth-order valence-electron chi connectivity index (χ4n) is 5.75. The molecular weight excluding hydrogens is 602 g/mol. The zero-order valence-electron chi connectivity index (χ0n) is 23.9. The first-order valence-electron chi connectivity index (χ1n) is 13.6. The van der Waals surface area contributed by atoms with Gasteiger partial charge in [0.25, 0.3) is 0 Å².